The van der Waals surface area contributed by atoms with Gasteiger partial charge in [-0.25, -0.2) is 0 Å². The van der Waals surface area contributed by atoms with Gasteiger partial charge in [-0.1, -0.05) is 17.7 Å². The molecule has 2 heterocycles. The van der Waals surface area contributed by atoms with Crippen molar-refractivity contribution >= 4 is 12.0 Å². The van der Waals surface area contributed by atoms with E-state index in [2.05, 4.69) is 48.2 Å². The standard InChI is InChI=1S/C27H29NO4S/c1-17-5-7-20(8-6-17)33-32-24-10-9-23(29-2)21-11-12-28-16-19-15-26(31-4)25(30-3)14-18(19)13-22(28)27(21)24/h5-10,14-15,22H,11-13,16H2,1-4H3. The second kappa shape index (κ2) is 9.20. The number of methoxy groups -OCH3 is 3. The Hall–Kier alpha value is -2.83. The summed E-state index contributed by atoms with van der Waals surface area (Å²) in [6, 6.07) is 17.0. The first-order valence-electron chi connectivity index (χ1n) is 11.2. The summed E-state index contributed by atoms with van der Waals surface area (Å²) in [5.74, 6) is 3.41. The van der Waals surface area contributed by atoms with Crippen LogP contribution in [0, 0.1) is 6.92 Å². The van der Waals surface area contributed by atoms with Gasteiger partial charge >= 0.3 is 0 Å². The van der Waals surface area contributed by atoms with Gasteiger partial charge in [0, 0.05) is 35.2 Å². The van der Waals surface area contributed by atoms with E-state index < -0.39 is 0 Å². The Balaban J connectivity index is 1.51. The molecule has 0 N–H and O–H groups in total. The van der Waals surface area contributed by atoms with Crippen LogP contribution in [0.3, 0.4) is 0 Å². The van der Waals surface area contributed by atoms with Crippen LogP contribution >= 0.6 is 12.0 Å². The molecule has 0 saturated heterocycles. The number of nitrogens with zero attached hydrogens (tertiary/aromatic N) is 1. The Morgan fingerprint density at radius 2 is 1.48 bits per heavy atom. The topological polar surface area (TPSA) is 40.2 Å². The molecule has 0 amide bonds. The van der Waals surface area contributed by atoms with E-state index in [1.165, 1.54) is 39.9 Å². The van der Waals surface area contributed by atoms with Gasteiger partial charge in [-0.15, -0.1) is 0 Å². The predicted octanol–water partition coefficient (Wildman–Crippen LogP) is 5.76. The summed E-state index contributed by atoms with van der Waals surface area (Å²) in [7, 11) is 5.12. The van der Waals surface area contributed by atoms with Crippen LogP contribution in [0.4, 0.5) is 0 Å². The van der Waals surface area contributed by atoms with Crippen LogP contribution in [-0.4, -0.2) is 32.8 Å². The van der Waals surface area contributed by atoms with Crippen molar-refractivity contribution in [1.82, 2.24) is 4.90 Å². The molecule has 3 aromatic carbocycles. The number of aryl methyl sites for hydroxylation is 1. The molecule has 0 radical (unpaired) electrons. The molecule has 0 aromatic heterocycles. The van der Waals surface area contributed by atoms with Crippen LogP contribution in [-0.2, 0) is 19.4 Å². The third-order valence-electron chi connectivity index (χ3n) is 6.66. The van der Waals surface area contributed by atoms with Crippen molar-refractivity contribution in [3.05, 3.63) is 76.3 Å². The van der Waals surface area contributed by atoms with Crippen molar-refractivity contribution < 1.29 is 18.4 Å². The Labute approximate surface area is 199 Å². The highest BCUT2D eigenvalue weighted by Crippen LogP contribution is 2.47. The average molecular weight is 464 g/mol. The Bertz CT molecular complexity index is 1160. The number of fused-ring (bicyclic) bond motifs is 4. The van der Waals surface area contributed by atoms with Gasteiger partial charge in [0.2, 0.25) is 0 Å². The van der Waals surface area contributed by atoms with Gasteiger partial charge in [0.1, 0.15) is 11.5 Å². The lowest BCUT2D eigenvalue weighted by Gasteiger charge is -2.42. The van der Waals surface area contributed by atoms with Gasteiger partial charge in [0.15, 0.2) is 11.5 Å². The van der Waals surface area contributed by atoms with Crippen molar-refractivity contribution in [2.45, 2.75) is 37.2 Å². The molecule has 0 bridgehead atoms. The maximum Gasteiger partial charge on any atom is 0.161 e. The minimum Gasteiger partial charge on any atom is -0.496 e. The quantitative estimate of drug-likeness (QED) is 0.433. The first kappa shape index (κ1) is 22.0. The predicted molar refractivity (Wildman–Crippen MR) is 131 cm³/mol. The molecule has 0 fully saturated rings. The van der Waals surface area contributed by atoms with Crippen LogP contribution in [0.5, 0.6) is 23.0 Å². The Morgan fingerprint density at radius 3 is 2.18 bits per heavy atom. The first-order chi connectivity index (χ1) is 16.1. The third kappa shape index (κ3) is 4.13. The van der Waals surface area contributed by atoms with E-state index in [1.54, 1.807) is 21.3 Å². The van der Waals surface area contributed by atoms with E-state index in [-0.39, 0.29) is 6.04 Å². The van der Waals surface area contributed by atoms with Crippen LogP contribution < -0.4 is 18.4 Å². The molecular weight excluding hydrogens is 434 g/mol. The van der Waals surface area contributed by atoms with E-state index in [9.17, 15) is 0 Å². The number of benzene rings is 3. The molecule has 1 atom stereocenters. The monoisotopic (exact) mass is 463 g/mol. The van der Waals surface area contributed by atoms with Crippen LogP contribution in [0.15, 0.2) is 53.4 Å². The minimum absolute atomic E-state index is 0.225. The molecule has 0 saturated carbocycles. The lowest BCUT2D eigenvalue weighted by Crippen LogP contribution is -2.39. The molecule has 0 spiro atoms. The largest absolute Gasteiger partial charge is 0.496 e. The SMILES string of the molecule is COc1cc2c(cc1OC)CN1CCc3c(OC)ccc(OSc4ccc(C)cc4)c3C1C2. The zero-order valence-corrected chi connectivity index (χ0v) is 20.3. The van der Waals surface area contributed by atoms with E-state index in [0.717, 1.165) is 53.8 Å². The highest BCUT2D eigenvalue weighted by atomic mass is 32.2. The van der Waals surface area contributed by atoms with Crippen LogP contribution in [0.2, 0.25) is 0 Å². The Morgan fingerprint density at radius 1 is 0.818 bits per heavy atom. The zero-order chi connectivity index (χ0) is 22.9. The van der Waals surface area contributed by atoms with Crippen molar-refractivity contribution in [1.29, 1.82) is 0 Å². The summed E-state index contributed by atoms with van der Waals surface area (Å²) in [5.41, 5.74) is 6.32. The van der Waals surface area contributed by atoms with Gasteiger partial charge in [0.05, 0.1) is 33.4 Å². The molecule has 6 heteroatoms. The molecule has 33 heavy (non-hydrogen) atoms. The van der Waals surface area contributed by atoms with Crippen LogP contribution in [0.1, 0.15) is 33.9 Å². The summed E-state index contributed by atoms with van der Waals surface area (Å²) in [6.45, 7) is 3.95. The molecule has 5 rings (SSSR count). The lowest BCUT2D eigenvalue weighted by molar-refractivity contribution is 0.157. The van der Waals surface area contributed by atoms with E-state index in [4.69, 9.17) is 18.4 Å². The van der Waals surface area contributed by atoms with Gasteiger partial charge in [-0.3, -0.25) is 4.90 Å². The first-order valence-corrected chi connectivity index (χ1v) is 11.9. The minimum atomic E-state index is 0.225. The van der Waals surface area contributed by atoms with Gasteiger partial charge in [-0.05, 0) is 67.3 Å². The highest BCUT2D eigenvalue weighted by molar-refractivity contribution is 7.95. The average Bonchev–Trinajstić information content (AvgIpc) is 2.85. The van der Waals surface area contributed by atoms with Crippen molar-refractivity contribution in [2.75, 3.05) is 27.9 Å². The molecule has 3 aromatic rings. The molecule has 172 valence electrons. The van der Waals surface area contributed by atoms with Gasteiger partial charge in [0.25, 0.3) is 0 Å². The molecule has 5 nitrogen and oxygen atoms in total. The highest BCUT2D eigenvalue weighted by Gasteiger charge is 2.36. The van der Waals surface area contributed by atoms with Crippen molar-refractivity contribution in [3.63, 3.8) is 0 Å². The number of ether oxygens (including phenoxy) is 3. The second-order valence-electron chi connectivity index (χ2n) is 8.55. The number of rotatable bonds is 6. The third-order valence-corrected chi connectivity index (χ3v) is 7.39. The fourth-order valence-electron chi connectivity index (χ4n) is 4.94. The second-order valence-corrected chi connectivity index (χ2v) is 9.36. The fourth-order valence-corrected chi connectivity index (χ4v) is 5.52. The summed E-state index contributed by atoms with van der Waals surface area (Å²) in [6.07, 6.45) is 1.82. The zero-order valence-electron chi connectivity index (χ0n) is 19.5. The summed E-state index contributed by atoms with van der Waals surface area (Å²) in [5, 5.41) is 0. The van der Waals surface area contributed by atoms with E-state index >= 15 is 0 Å². The summed E-state index contributed by atoms with van der Waals surface area (Å²) in [4.78, 5) is 3.63. The maximum atomic E-state index is 6.34. The van der Waals surface area contributed by atoms with Crippen LogP contribution in [0.25, 0.3) is 0 Å². The normalized spacial score (nSPS) is 16.9. The van der Waals surface area contributed by atoms with E-state index in [1.807, 2.05) is 12.1 Å². The van der Waals surface area contributed by atoms with E-state index in [0.29, 0.717) is 0 Å². The Kier molecular flexibility index (Phi) is 6.13. The smallest absolute Gasteiger partial charge is 0.161 e. The van der Waals surface area contributed by atoms with Gasteiger partial charge < -0.3 is 18.4 Å². The maximum absolute atomic E-state index is 6.34. The fraction of sp³-hybridized carbons (Fsp3) is 0.333. The van der Waals surface area contributed by atoms with Crippen molar-refractivity contribution in [3.8, 4) is 23.0 Å². The molecule has 2 aliphatic rings. The molecular formula is C27H29NO4S. The van der Waals surface area contributed by atoms with Gasteiger partial charge in [-0.2, -0.15) is 0 Å². The number of hydrogen-bond acceptors (Lipinski definition) is 6. The summed E-state index contributed by atoms with van der Waals surface area (Å²) >= 11 is 1.41. The lowest BCUT2D eigenvalue weighted by atomic mass is 9.83. The molecule has 1 unspecified atom stereocenters. The molecule has 2 aliphatic heterocycles. The number of hydrogen-bond donors (Lipinski definition) is 0. The summed E-state index contributed by atoms with van der Waals surface area (Å²) < 4.78 is 23.2. The van der Waals surface area contributed by atoms with Crippen molar-refractivity contribution in [2.24, 2.45) is 0 Å². The molecule has 0 aliphatic carbocycles.